The van der Waals surface area contributed by atoms with E-state index in [0.29, 0.717) is 6.04 Å². The molecule has 2 heteroatoms. The first kappa shape index (κ1) is 14.0. The summed E-state index contributed by atoms with van der Waals surface area (Å²) < 4.78 is 0. The molecule has 0 radical (unpaired) electrons. The summed E-state index contributed by atoms with van der Waals surface area (Å²) in [5.41, 5.74) is 0. The van der Waals surface area contributed by atoms with Crippen LogP contribution in [0, 0.1) is 5.92 Å². The van der Waals surface area contributed by atoms with Crippen LogP contribution in [0.25, 0.3) is 0 Å². The van der Waals surface area contributed by atoms with Crippen LogP contribution in [0.15, 0.2) is 0 Å². The van der Waals surface area contributed by atoms with Crippen LogP contribution in [0.1, 0.15) is 52.9 Å². The van der Waals surface area contributed by atoms with E-state index in [1.807, 2.05) is 0 Å². The monoisotopic (exact) mass is 226 g/mol. The van der Waals surface area contributed by atoms with Crippen molar-refractivity contribution in [3.05, 3.63) is 0 Å². The molecule has 16 heavy (non-hydrogen) atoms. The largest absolute Gasteiger partial charge is 0.315 e. The van der Waals surface area contributed by atoms with E-state index in [2.05, 4.69) is 31.0 Å². The van der Waals surface area contributed by atoms with Crippen LogP contribution >= 0.6 is 0 Å². The van der Waals surface area contributed by atoms with Gasteiger partial charge in [-0.3, -0.25) is 0 Å². The van der Waals surface area contributed by atoms with Gasteiger partial charge in [0.05, 0.1) is 0 Å². The molecule has 0 bridgehead atoms. The van der Waals surface area contributed by atoms with Gasteiger partial charge in [-0.2, -0.15) is 0 Å². The van der Waals surface area contributed by atoms with Crippen LogP contribution in [0.4, 0.5) is 0 Å². The summed E-state index contributed by atoms with van der Waals surface area (Å²) in [6, 6.07) is 0.641. The lowest BCUT2D eigenvalue weighted by Crippen LogP contribution is -2.27. The highest BCUT2D eigenvalue weighted by Gasteiger charge is 2.23. The van der Waals surface area contributed by atoms with Crippen LogP contribution in [-0.4, -0.2) is 37.1 Å². The van der Waals surface area contributed by atoms with E-state index >= 15 is 0 Å². The molecule has 0 amide bonds. The summed E-state index contributed by atoms with van der Waals surface area (Å²) in [4.78, 5) is 2.63. The smallest absolute Gasteiger partial charge is 0.00103 e. The number of rotatable bonds is 10. The summed E-state index contributed by atoms with van der Waals surface area (Å²) in [6.45, 7) is 11.8. The van der Waals surface area contributed by atoms with Gasteiger partial charge in [0.15, 0.2) is 0 Å². The first-order valence-corrected chi connectivity index (χ1v) is 7.18. The highest BCUT2D eigenvalue weighted by atomic mass is 15.1. The van der Waals surface area contributed by atoms with Gasteiger partial charge in [0.1, 0.15) is 0 Å². The molecule has 0 heterocycles. The van der Waals surface area contributed by atoms with Crippen LogP contribution in [0.2, 0.25) is 0 Å². The van der Waals surface area contributed by atoms with Gasteiger partial charge in [0.25, 0.3) is 0 Å². The Morgan fingerprint density at radius 1 is 1.19 bits per heavy atom. The molecule has 96 valence electrons. The zero-order chi connectivity index (χ0) is 11.8. The normalized spacial score (nSPS) is 16.3. The van der Waals surface area contributed by atoms with Crippen molar-refractivity contribution in [2.75, 3.05) is 26.2 Å². The zero-order valence-corrected chi connectivity index (χ0v) is 11.5. The molecule has 1 aliphatic carbocycles. The second-order valence-electron chi connectivity index (χ2n) is 5.51. The fraction of sp³-hybridized carbons (Fsp3) is 1.00. The van der Waals surface area contributed by atoms with Crippen molar-refractivity contribution < 1.29 is 0 Å². The molecule has 0 saturated heterocycles. The van der Waals surface area contributed by atoms with Crippen molar-refractivity contribution in [1.82, 2.24) is 10.2 Å². The number of nitrogens with one attached hydrogen (secondary N) is 1. The lowest BCUT2D eigenvalue weighted by atomic mass is 10.2. The Morgan fingerprint density at radius 2 is 1.94 bits per heavy atom. The SMILES string of the molecule is CCN(CCCCCNC(C)C)CC1CC1. The lowest BCUT2D eigenvalue weighted by Gasteiger charge is -2.19. The van der Waals surface area contributed by atoms with Crippen molar-refractivity contribution in [2.24, 2.45) is 5.92 Å². The molecule has 1 N–H and O–H groups in total. The third kappa shape index (κ3) is 7.24. The average molecular weight is 226 g/mol. The van der Waals surface area contributed by atoms with E-state index in [-0.39, 0.29) is 0 Å². The standard InChI is InChI=1S/C14H30N2/c1-4-16(12-14-8-9-14)11-7-5-6-10-15-13(2)3/h13-15H,4-12H2,1-3H3. The Morgan fingerprint density at radius 3 is 2.50 bits per heavy atom. The minimum atomic E-state index is 0.641. The van der Waals surface area contributed by atoms with E-state index in [1.54, 1.807) is 0 Å². The van der Waals surface area contributed by atoms with Crippen LogP contribution in [0.5, 0.6) is 0 Å². The average Bonchev–Trinajstić information content (AvgIpc) is 3.04. The summed E-state index contributed by atoms with van der Waals surface area (Å²) in [7, 11) is 0. The predicted molar refractivity (Wildman–Crippen MR) is 71.8 cm³/mol. The maximum absolute atomic E-state index is 3.48. The quantitative estimate of drug-likeness (QED) is 0.576. The maximum atomic E-state index is 3.48. The Bertz CT molecular complexity index is 164. The van der Waals surface area contributed by atoms with E-state index < -0.39 is 0 Å². The van der Waals surface area contributed by atoms with Crippen LogP contribution in [-0.2, 0) is 0 Å². The Kier molecular flexibility index (Phi) is 7.06. The molecule has 1 aliphatic rings. The number of nitrogens with zero attached hydrogens (tertiary/aromatic N) is 1. The van der Waals surface area contributed by atoms with Gasteiger partial charge in [0.2, 0.25) is 0 Å². The van der Waals surface area contributed by atoms with Gasteiger partial charge in [-0.05, 0) is 51.2 Å². The highest BCUT2D eigenvalue weighted by molar-refractivity contribution is 4.76. The van der Waals surface area contributed by atoms with E-state index in [4.69, 9.17) is 0 Å². The van der Waals surface area contributed by atoms with Crippen molar-refractivity contribution >= 4 is 0 Å². The molecule has 0 aliphatic heterocycles. The number of hydrogen-bond donors (Lipinski definition) is 1. The molecule has 0 spiro atoms. The Hall–Kier alpha value is -0.0800. The predicted octanol–water partition coefficient (Wildman–Crippen LogP) is 2.89. The van der Waals surface area contributed by atoms with E-state index in [0.717, 1.165) is 5.92 Å². The molecule has 1 rings (SSSR count). The number of hydrogen-bond acceptors (Lipinski definition) is 2. The van der Waals surface area contributed by atoms with Gasteiger partial charge in [0, 0.05) is 12.6 Å². The zero-order valence-electron chi connectivity index (χ0n) is 11.5. The third-order valence-electron chi connectivity index (χ3n) is 3.36. The fourth-order valence-electron chi connectivity index (χ4n) is 2.07. The highest BCUT2D eigenvalue weighted by Crippen LogP contribution is 2.29. The molecule has 2 nitrogen and oxygen atoms in total. The minimum absolute atomic E-state index is 0.641. The Balaban J connectivity index is 1.87. The first-order chi connectivity index (χ1) is 7.72. The van der Waals surface area contributed by atoms with E-state index in [9.17, 15) is 0 Å². The fourth-order valence-corrected chi connectivity index (χ4v) is 2.07. The molecule has 0 aromatic carbocycles. The summed E-state index contributed by atoms with van der Waals surface area (Å²) in [5.74, 6) is 1.04. The van der Waals surface area contributed by atoms with Gasteiger partial charge >= 0.3 is 0 Å². The lowest BCUT2D eigenvalue weighted by molar-refractivity contribution is 0.269. The van der Waals surface area contributed by atoms with Crippen LogP contribution < -0.4 is 5.32 Å². The third-order valence-corrected chi connectivity index (χ3v) is 3.36. The molecule has 0 aromatic heterocycles. The summed E-state index contributed by atoms with van der Waals surface area (Å²) in [6.07, 6.45) is 7.05. The van der Waals surface area contributed by atoms with Crippen molar-refractivity contribution in [3.63, 3.8) is 0 Å². The van der Waals surface area contributed by atoms with Gasteiger partial charge in [-0.15, -0.1) is 0 Å². The summed E-state index contributed by atoms with van der Waals surface area (Å²) in [5, 5.41) is 3.48. The minimum Gasteiger partial charge on any atom is -0.315 e. The molecular weight excluding hydrogens is 196 g/mol. The summed E-state index contributed by atoms with van der Waals surface area (Å²) >= 11 is 0. The van der Waals surface area contributed by atoms with Gasteiger partial charge in [-0.25, -0.2) is 0 Å². The van der Waals surface area contributed by atoms with E-state index in [1.165, 1.54) is 58.3 Å². The second-order valence-corrected chi connectivity index (χ2v) is 5.51. The molecule has 0 unspecified atom stereocenters. The van der Waals surface area contributed by atoms with Gasteiger partial charge < -0.3 is 10.2 Å². The Labute approximate surface area is 102 Å². The number of unbranched alkanes of at least 4 members (excludes halogenated alkanes) is 2. The molecule has 0 aromatic rings. The van der Waals surface area contributed by atoms with Crippen molar-refractivity contribution in [2.45, 2.75) is 58.9 Å². The topological polar surface area (TPSA) is 15.3 Å². The van der Waals surface area contributed by atoms with Crippen molar-refractivity contribution in [3.8, 4) is 0 Å². The second kappa shape index (κ2) is 8.08. The van der Waals surface area contributed by atoms with Crippen molar-refractivity contribution in [1.29, 1.82) is 0 Å². The van der Waals surface area contributed by atoms with Crippen LogP contribution in [0.3, 0.4) is 0 Å². The van der Waals surface area contributed by atoms with Gasteiger partial charge in [-0.1, -0.05) is 27.2 Å². The maximum Gasteiger partial charge on any atom is 0.00103 e. The first-order valence-electron chi connectivity index (χ1n) is 7.18. The molecule has 1 fully saturated rings. The molecule has 0 atom stereocenters. The molecule has 1 saturated carbocycles. The molecular formula is C14H30N2.